The van der Waals surface area contributed by atoms with E-state index in [1.807, 2.05) is 6.20 Å². The maximum atomic E-state index is 4.40. The van der Waals surface area contributed by atoms with Crippen molar-refractivity contribution in [2.45, 2.75) is 34.1 Å². The van der Waals surface area contributed by atoms with Crippen molar-refractivity contribution < 1.29 is 0 Å². The van der Waals surface area contributed by atoms with Gasteiger partial charge in [-0.25, -0.2) is 4.98 Å². The Kier molecular flexibility index (Phi) is 3.27. The minimum atomic E-state index is 0.382. The van der Waals surface area contributed by atoms with Crippen molar-refractivity contribution in [3.63, 3.8) is 0 Å². The van der Waals surface area contributed by atoms with Crippen LogP contribution in [0.15, 0.2) is 12.3 Å². The molecule has 94 valence electrons. The number of aryl methyl sites for hydroxylation is 1. The quantitative estimate of drug-likeness (QED) is 0.781. The van der Waals surface area contributed by atoms with E-state index in [4.69, 9.17) is 0 Å². The fourth-order valence-corrected chi connectivity index (χ4v) is 2.49. The van der Waals surface area contributed by atoms with Gasteiger partial charge < -0.3 is 10.6 Å². The number of hydrogen-bond donors (Lipinski definition) is 2. The summed E-state index contributed by atoms with van der Waals surface area (Å²) in [5.41, 5.74) is 2.82. The molecule has 0 fully saturated rings. The second-order valence-electron chi connectivity index (χ2n) is 6.24. The molecule has 17 heavy (non-hydrogen) atoms. The lowest BCUT2D eigenvalue weighted by Gasteiger charge is -2.24. The molecular formula is C14H23N3. The van der Waals surface area contributed by atoms with Gasteiger partial charge in [-0.15, -0.1) is 0 Å². The number of fused-ring (bicyclic) bond motifs is 1. The lowest BCUT2D eigenvalue weighted by atomic mass is 9.84. The Balaban J connectivity index is 2.09. The van der Waals surface area contributed by atoms with E-state index in [0.29, 0.717) is 11.3 Å². The van der Waals surface area contributed by atoms with Crippen LogP contribution < -0.4 is 10.6 Å². The highest BCUT2D eigenvalue weighted by molar-refractivity contribution is 5.68. The molecule has 0 spiro atoms. The van der Waals surface area contributed by atoms with Crippen molar-refractivity contribution in [2.75, 3.05) is 23.7 Å². The topological polar surface area (TPSA) is 37.0 Å². The minimum absolute atomic E-state index is 0.382. The second kappa shape index (κ2) is 4.55. The molecule has 2 heterocycles. The first-order valence-electron chi connectivity index (χ1n) is 6.39. The lowest BCUT2D eigenvalue weighted by molar-refractivity contribution is 0.310. The highest BCUT2D eigenvalue weighted by Crippen LogP contribution is 2.30. The first kappa shape index (κ1) is 12.2. The average molecular weight is 233 g/mol. The molecule has 0 amide bonds. The van der Waals surface area contributed by atoms with Gasteiger partial charge in [0.05, 0.1) is 5.69 Å². The normalized spacial score (nSPS) is 19.9. The first-order chi connectivity index (χ1) is 7.96. The van der Waals surface area contributed by atoms with Gasteiger partial charge in [-0.2, -0.15) is 0 Å². The summed E-state index contributed by atoms with van der Waals surface area (Å²) in [6, 6.07) is 2.05. The van der Waals surface area contributed by atoms with Gasteiger partial charge in [-0.1, -0.05) is 20.8 Å². The monoisotopic (exact) mass is 233 g/mol. The Hall–Kier alpha value is -1.25. The van der Waals surface area contributed by atoms with E-state index < -0.39 is 0 Å². The van der Waals surface area contributed by atoms with Crippen molar-refractivity contribution in [3.8, 4) is 0 Å². The molecule has 2 rings (SSSR count). The van der Waals surface area contributed by atoms with Gasteiger partial charge in [0.1, 0.15) is 5.82 Å². The van der Waals surface area contributed by atoms with Crippen molar-refractivity contribution >= 4 is 11.5 Å². The molecule has 0 bridgehead atoms. The van der Waals surface area contributed by atoms with Gasteiger partial charge in [-0.05, 0) is 36.3 Å². The van der Waals surface area contributed by atoms with E-state index in [1.165, 1.54) is 17.7 Å². The molecule has 1 aliphatic rings. The van der Waals surface area contributed by atoms with Crippen molar-refractivity contribution in [2.24, 2.45) is 11.3 Å². The number of anilines is 2. The Morgan fingerprint density at radius 2 is 2.00 bits per heavy atom. The Morgan fingerprint density at radius 1 is 1.29 bits per heavy atom. The molecule has 2 N–H and O–H groups in total. The fraction of sp³-hybridized carbons (Fsp3) is 0.643. The van der Waals surface area contributed by atoms with E-state index in [2.05, 4.69) is 49.4 Å². The smallest absolute Gasteiger partial charge is 0.149 e. The summed E-state index contributed by atoms with van der Waals surface area (Å²) in [5.74, 6) is 1.66. The summed E-state index contributed by atoms with van der Waals surface area (Å²) in [5, 5.41) is 7.01. The third-order valence-electron chi connectivity index (χ3n) is 3.19. The first-order valence-corrected chi connectivity index (χ1v) is 6.39. The SMILES string of the molecule is Cc1ccnc2c1NCC(CC(C)(C)C)CN2. The number of rotatable bonds is 1. The van der Waals surface area contributed by atoms with E-state index >= 15 is 0 Å². The zero-order chi connectivity index (χ0) is 12.5. The van der Waals surface area contributed by atoms with Crippen LogP contribution >= 0.6 is 0 Å². The number of hydrogen-bond acceptors (Lipinski definition) is 3. The van der Waals surface area contributed by atoms with Gasteiger partial charge in [0.2, 0.25) is 0 Å². The molecule has 0 aliphatic carbocycles. The van der Waals surface area contributed by atoms with Crippen LogP contribution in [0.4, 0.5) is 11.5 Å². The van der Waals surface area contributed by atoms with Gasteiger partial charge in [0, 0.05) is 19.3 Å². The third kappa shape index (κ3) is 3.11. The van der Waals surface area contributed by atoms with Crippen LogP contribution in [0.5, 0.6) is 0 Å². The third-order valence-corrected chi connectivity index (χ3v) is 3.19. The summed E-state index contributed by atoms with van der Waals surface area (Å²) in [7, 11) is 0. The van der Waals surface area contributed by atoms with Crippen molar-refractivity contribution in [1.29, 1.82) is 0 Å². The highest BCUT2D eigenvalue weighted by Gasteiger charge is 2.22. The standard InChI is InChI=1S/C14H23N3/c1-10-5-6-15-13-12(10)16-8-11(9-17-13)7-14(2,3)4/h5-6,11,16H,7-9H2,1-4H3,(H,15,17). The summed E-state index contributed by atoms with van der Waals surface area (Å²) >= 11 is 0. The predicted molar refractivity (Wildman–Crippen MR) is 73.5 cm³/mol. The Morgan fingerprint density at radius 3 is 2.71 bits per heavy atom. The number of pyridine rings is 1. The number of nitrogens with one attached hydrogen (secondary N) is 2. The van der Waals surface area contributed by atoms with E-state index in [1.54, 1.807) is 0 Å². The van der Waals surface area contributed by atoms with Crippen LogP contribution in [0.1, 0.15) is 32.8 Å². The van der Waals surface area contributed by atoms with Crippen LogP contribution in [0.3, 0.4) is 0 Å². The number of nitrogens with zero attached hydrogens (tertiary/aromatic N) is 1. The highest BCUT2D eigenvalue weighted by atomic mass is 15.1. The van der Waals surface area contributed by atoms with E-state index in [9.17, 15) is 0 Å². The summed E-state index contributed by atoms with van der Waals surface area (Å²) in [4.78, 5) is 4.40. The fourth-order valence-electron chi connectivity index (χ4n) is 2.49. The minimum Gasteiger partial charge on any atom is -0.382 e. The van der Waals surface area contributed by atoms with Gasteiger partial charge in [0.25, 0.3) is 0 Å². The zero-order valence-electron chi connectivity index (χ0n) is 11.3. The predicted octanol–water partition coefficient (Wildman–Crippen LogP) is 3.28. The van der Waals surface area contributed by atoms with Crippen LogP contribution in [0, 0.1) is 18.3 Å². The van der Waals surface area contributed by atoms with Gasteiger partial charge >= 0.3 is 0 Å². The molecule has 1 aromatic rings. The summed E-state index contributed by atoms with van der Waals surface area (Å²) in [6.45, 7) is 11.1. The van der Waals surface area contributed by atoms with E-state index in [0.717, 1.165) is 18.9 Å². The maximum absolute atomic E-state index is 4.40. The van der Waals surface area contributed by atoms with Crippen LogP contribution in [0.25, 0.3) is 0 Å². The molecule has 1 aliphatic heterocycles. The molecular weight excluding hydrogens is 210 g/mol. The van der Waals surface area contributed by atoms with Crippen LogP contribution in [0.2, 0.25) is 0 Å². The largest absolute Gasteiger partial charge is 0.382 e. The Labute approximate surface area is 104 Å². The molecule has 1 aromatic heterocycles. The Bertz CT molecular complexity index is 393. The zero-order valence-corrected chi connectivity index (χ0v) is 11.3. The lowest BCUT2D eigenvalue weighted by Crippen LogP contribution is -2.24. The molecule has 1 unspecified atom stereocenters. The molecule has 0 saturated carbocycles. The van der Waals surface area contributed by atoms with Gasteiger partial charge in [-0.3, -0.25) is 0 Å². The molecule has 3 nitrogen and oxygen atoms in total. The van der Waals surface area contributed by atoms with E-state index in [-0.39, 0.29) is 0 Å². The average Bonchev–Trinajstić information content (AvgIpc) is 2.40. The second-order valence-corrected chi connectivity index (χ2v) is 6.24. The maximum Gasteiger partial charge on any atom is 0.149 e. The molecule has 3 heteroatoms. The molecule has 0 saturated heterocycles. The summed E-state index contributed by atoms with van der Waals surface area (Å²) < 4.78 is 0. The van der Waals surface area contributed by atoms with Crippen molar-refractivity contribution in [1.82, 2.24) is 4.98 Å². The van der Waals surface area contributed by atoms with Crippen LogP contribution in [-0.2, 0) is 0 Å². The summed E-state index contributed by atoms with van der Waals surface area (Å²) in [6.07, 6.45) is 3.09. The molecule has 0 radical (unpaired) electrons. The van der Waals surface area contributed by atoms with Gasteiger partial charge in [0.15, 0.2) is 0 Å². The number of aromatic nitrogens is 1. The van der Waals surface area contributed by atoms with Crippen molar-refractivity contribution in [3.05, 3.63) is 17.8 Å². The van der Waals surface area contributed by atoms with Crippen LogP contribution in [-0.4, -0.2) is 18.1 Å². The molecule has 0 aromatic carbocycles. The molecule has 1 atom stereocenters.